The minimum absolute atomic E-state index is 0.223. The molecule has 6 heteroatoms. The number of ether oxygens (including phenoxy) is 1. The maximum atomic E-state index is 11.5. The van der Waals surface area contributed by atoms with Crippen molar-refractivity contribution in [2.45, 2.75) is 25.6 Å². The third-order valence-electron chi connectivity index (χ3n) is 3.62. The molecule has 0 aromatic heterocycles. The maximum Gasteiger partial charge on any atom is 0.211 e. The van der Waals surface area contributed by atoms with Crippen LogP contribution in [0.2, 0.25) is 0 Å². The molecule has 0 saturated carbocycles. The van der Waals surface area contributed by atoms with Gasteiger partial charge in [0.05, 0.1) is 12.9 Å². The van der Waals surface area contributed by atoms with Gasteiger partial charge in [-0.2, -0.15) is 0 Å². The highest BCUT2D eigenvalue weighted by molar-refractivity contribution is 7.88. The number of sulfonamides is 1. The van der Waals surface area contributed by atoms with Crippen LogP contribution in [0.4, 0.5) is 0 Å². The first-order chi connectivity index (χ1) is 9.50. The number of nitrogens with one attached hydrogen (secondary N) is 1. The molecule has 1 saturated heterocycles. The Bertz CT molecular complexity index is 545. The van der Waals surface area contributed by atoms with Crippen molar-refractivity contribution in [1.29, 1.82) is 0 Å². The van der Waals surface area contributed by atoms with E-state index >= 15 is 0 Å². The average molecular weight is 298 g/mol. The van der Waals surface area contributed by atoms with Gasteiger partial charge in [0.15, 0.2) is 0 Å². The minimum atomic E-state index is -3.06. The zero-order valence-corrected chi connectivity index (χ0v) is 12.8. The van der Waals surface area contributed by atoms with Crippen LogP contribution in [0.15, 0.2) is 24.3 Å². The molecule has 0 radical (unpaired) electrons. The number of benzene rings is 1. The van der Waals surface area contributed by atoms with E-state index in [4.69, 9.17) is 4.74 Å². The molecule has 0 amide bonds. The summed E-state index contributed by atoms with van der Waals surface area (Å²) >= 11 is 0. The van der Waals surface area contributed by atoms with Crippen LogP contribution < -0.4 is 5.32 Å². The van der Waals surface area contributed by atoms with Crippen LogP contribution in [-0.4, -0.2) is 45.2 Å². The predicted molar refractivity (Wildman–Crippen MR) is 78.8 cm³/mol. The van der Waals surface area contributed by atoms with Crippen LogP contribution in [0.25, 0.3) is 0 Å². The molecule has 20 heavy (non-hydrogen) atoms. The van der Waals surface area contributed by atoms with E-state index in [9.17, 15) is 8.42 Å². The van der Waals surface area contributed by atoms with E-state index in [1.807, 2.05) is 12.1 Å². The first-order valence-corrected chi connectivity index (χ1v) is 8.60. The lowest BCUT2D eigenvalue weighted by Gasteiger charge is -2.16. The summed E-state index contributed by atoms with van der Waals surface area (Å²) in [6, 6.07) is 8.36. The summed E-state index contributed by atoms with van der Waals surface area (Å²) in [5.74, 6) is 0. The fourth-order valence-corrected chi connectivity index (χ4v) is 3.36. The van der Waals surface area contributed by atoms with Crippen molar-refractivity contribution in [3.63, 3.8) is 0 Å². The van der Waals surface area contributed by atoms with E-state index in [1.54, 1.807) is 7.11 Å². The summed E-state index contributed by atoms with van der Waals surface area (Å²) in [6.07, 6.45) is 2.13. The van der Waals surface area contributed by atoms with E-state index in [1.165, 1.54) is 21.7 Å². The number of methoxy groups -OCH3 is 1. The summed E-state index contributed by atoms with van der Waals surface area (Å²) in [4.78, 5) is 0. The highest BCUT2D eigenvalue weighted by atomic mass is 32.2. The van der Waals surface area contributed by atoms with Gasteiger partial charge in [-0.25, -0.2) is 12.7 Å². The maximum absolute atomic E-state index is 11.5. The molecule has 1 heterocycles. The lowest BCUT2D eigenvalue weighted by atomic mass is 10.1. The van der Waals surface area contributed by atoms with Gasteiger partial charge < -0.3 is 10.1 Å². The lowest BCUT2D eigenvalue weighted by molar-refractivity contribution is 0.184. The smallest absolute Gasteiger partial charge is 0.211 e. The molecule has 0 bridgehead atoms. The molecule has 0 aliphatic carbocycles. The third kappa shape index (κ3) is 4.02. The second-order valence-electron chi connectivity index (χ2n) is 5.19. The fourth-order valence-electron chi connectivity index (χ4n) is 2.48. The molecule has 5 nitrogen and oxygen atoms in total. The molecule has 0 spiro atoms. The molecule has 1 N–H and O–H groups in total. The van der Waals surface area contributed by atoms with Crippen molar-refractivity contribution < 1.29 is 13.2 Å². The summed E-state index contributed by atoms with van der Waals surface area (Å²) < 4.78 is 29.7. The Morgan fingerprint density at radius 2 is 2.05 bits per heavy atom. The molecular formula is C14H22N2O3S. The van der Waals surface area contributed by atoms with Crippen molar-refractivity contribution in [2.75, 3.05) is 26.5 Å². The SMILES string of the molecule is COCc1ccccc1CNC1CCN(S(C)(=O)=O)C1. The third-order valence-corrected chi connectivity index (χ3v) is 4.89. The molecule has 1 aliphatic heterocycles. The molecule has 2 rings (SSSR count). The highest BCUT2D eigenvalue weighted by Crippen LogP contribution is 2.15. The Morgan fingerprint density at radius 1 is 1.35 bits per heavy atom. The van der Waals surface area contributed by atoms with Gasteiger partial charge in [-0.15, -0.1) is 0 Å². The zero-order valence-electron chi connectivity index (χ0n) is 12.0. The van der Waals surface area contributed by atoms with Crippen molar-refractivity contribution in [3.05, 3.63) is 35.4 Å². The number of nitrogens with zero attached hydrogens (tertiary/aromatic N) is 1. The fraction of sp³-hybridized carbons (Fsp3) is 0.571. The predicted octanol–water partition coefficient (Wildman–Crippen LogP) is 0.957. The topological polar surface area (TPSA) is 58.6 Å². The van der Waals surface area contributed by atoms with Crippen LogP contribution in [0.1, 0.15) is 17.5 Å². The van der Waals surface area contributed by atoms with Crippen molar-refractivity contribution >= 4 is 10.0 Å². The first-order valence-electron chi connectivity index (χ1n) is 6.75. The van der Waals surface area contributed by atoms with Gasteiger partial charge in [0, 0.05) is 32.8 Å². The molecule has 1 fully saturated rings. The number of hydrogen-bond acceptors (Lipinski definition) is 4. The molecule has 1 aromatic rings. The van der Waals surface area contributed by atoms with Gasteiger partial charge in [0.25, 0.3) is 0 Å². The highest BCUT2D eigenvalue weighted by Gasteiger charge is 2.28. The summed E-state index contributed by atoms with van der Waals surface area (Å²) in [6.45, 7) is 2.50. The van der Waals surface area contributed by atoms with E-state index in [0.717, 1.165) is 13.0 Å². The van der Waals surface area contributed by atoms with Crippen LogP contribution in [0.5, 0.6) is 0 Å². The van der Waals surface area contributed by atoms with Crippen LogP contribution >= 0.6 is 0 Å². The second kappa shape index (κ2) is 6.67. The minimum Gasteiger partial charge on any atom is -0.380 e. The van der Waals surface area contributed by atoms with Gasteiger partial charge in [0.2, 0.25) is 10.0 Å². The molecule has 1 aliphatic rings. The van der Waals surface area contributed by atoms with Crippen molar-refractivity contribution in [1.82, 2.24) is 9.62 Å². The number of rotatable bonds is 6. The van der Waals surface area contributed by atoms with E-state index in [0.29, 0.717) is 19.7 Å². The molecule has 1 unspecified atom stereocenters. The Hall–Kier alpha value is -0.950. The summed E-state index contributed by atoms with van der Waals surface area (Å²) in [7, 11) is -1.38. The van der Waals surface area contributed by atoms with E-state index < -0.39 is 10.0 Å². The Balaban J connectivity index is 1.91. The van der Waals surface area contributed by atoms with Crippen LogP contribution in [-0.2, 0) is 27.9 Å². The normalized spacial score (nSPS) is 20.4. The molecular weight excluding hydrogens is 276 g/mol. The Kier molecular flexibility index (Phi) is 5.15. The van der Waals surface area contributed by atoms with Crippen molar-refractivity contribution in [3.8, 4) is 0 Å². The van der Waals surface area contributed by atoms with E-state index in [-0.39, 0.29) is 6.04 Å². The Labute approximate surface area is 121 Å². The van der Waals surface area contributed by atoms with Gasteiger partial charge in [-0.3, -0.25) is 0 Å². The van der Waals surface area contributed by atoms with Gasteiger partial charge >= 0.3 is 0 Å². The van der Waals surface area contributed by atoms with E-state index in [2.05, 4.69) is 17.4 Å². The average Bonchev–Trinajstić information content (AvgIpc) is 2.87. The monoisotopic (exact) mass is 298 g/mol. The zero-order chi connectivity index (χ0) is 14.6. The van der Waals surface area contributed by atoms with Crippen LogP contribution in [0, 0.1) is 0 Å². The number of hydrogen-bond donors (Lipinski definition) is 1. The largest absolute Gasteiger partial charge is 0.380 e. The molecule has 1 aromatic carbocycles. The second-order valence-corrected chi connectivity index (χ2v) is 7.17. The van der Waals surface area contributed by atoms with Gasteiger partial charge in [-0.1, -0.05) is 24.3 Å². The molecule has 1 atom stereocenters. The standard InChI is InChI=1S/C14H22N2O3S/c1-19-11-13-6-4-3-5-12(13)9-15-14-7-8-16(10-14)20(2,17)18/h3-6,14-15H,7-11H2,1-2H3. The first kappa shape index (κ1) is 15.4. The summed E-state index contributed by atoms with van der Waals surface area (Å²) in [5.41, 5.74) is 2.37. The lowest BCUT2D eigenvalue weighted by Crippen LogP contribution is -2.34. The Morgan fingerprint density at radius 3 is 2.65 bits per heavy atom. The van der Waals surface area contributed by atoms with Gasteiger partial charge in [-0.05, 0) is 17.5 Å². The summed E-state index contributed by atoms with van der Waals surface area (Å²) in [5, 5.41) is 3.44. The van der Waals surface area contributed by atoms with Crippen LogP contribution in [0.3, 0.4) is 0 Å². The quantitative estimate of drug-likeness (QED) is 0.850. The van der Waals surface area contributed by atoms with Gasteiger partial charge in [0.1, 0.15) is 0 Å². The van der Waals surface area contributed by atoms with Crippen molar-refractivity contribution in [2.24, 2.45) is 0 Å². The molecule has 112 valence electrons.